The number of alkyl halides is 3. The van der Waals surface area contributed by atoms with Gasteiger partial charge in [-0.3, -0.25) is 4.79 Å². The lowest BCUT2D eigenvalue weighted by molar-refractivity contribution is -0.132. The van der Waals surface area contributed by atoms with Crippen molar-refractivity contribution >= 4 is 35.8 Å². The molecule has 9 heteroatoms. The predicted octanol–water partition coefficient (Wildman–Crippen LogP) is 3.94. The Labute approximate surface area is 181 Å². The average molecular weight is 512 g/mol. The molecule has 1 aromatic rings. The first kappa shape index (κ1) is 24.5. The zero-order valence-electron chi connectivity index (χ0n) is 16.0. The summed E-state index contributed by atoms with van der Waals surface area (Å²) >= 11 is 0. The van der Waals surface area contributed by atoms with E-state index in [1.54, 1.807) is 12.1 Å². The highest BCUT2D eigenvalue weighted by molar-refractivity contribution is 14.0. The van der Waals surface area contributed by atoms with E-state index in [0.717, 1.165) is 31.5 Å². The van der Waals surface area contributed by atoms with Crippen LogP contribution in [-0.4, -0.2) is 49.1 Å². The number of nitrogens with one attached hydrogen (secondary N) is 2. The van der Waals surface area contributed by atoms with E-state index >= 15 is 0 Å². The smallest absolute Gasteiger partial charge is 0.357 e. The molecule has 0 unspecified atom stereocenters. The molecule has 0 saturated carbocycles. The van der Waals surface area contributed by atoms with Crippen LogP contribution in [-0.2, 0) is 6.54 Å². The standard InChI is InChI=1S/C19H27F3N4O.HI/c1-2-23-18(24-11-10-19(20,21)22)25-14-15-6-8-16(9-7-15)17(27)26-12-4-3-5-13-26;/h6-9H,2-5,10-14H2,1H3,(H2,23,24,25);1H. The third kappa shape index (κ3) is 8.66. The lowest BCUT2D eigenvalue weighted by Gasteiger charge is -2.26. The van der Waals surface area contributed by atoms with Gasteiger partial charge in [0.15, 0.2) is 5.96 Å². The number of guanidine groups is 1. The van der Waals surface area contributed by atoms with E-state index in [-0.39, 0.29) is 36.4 Å². The summed E-state index contributed by atoms with van der Waals surface area (Å²) in [4.78, 5) is 18.6. The largest absolute Gasteiger partial charge is 0.390 e. The minimum atomic E-state index is -4.19. The van der Waals surface area contributed by atoms with Crippen molar-refractivity contribution in [3.63, 3.8) is 0 Å². The number of piperidine rings is 1. The third-order valence-electron chi connectivity index (χ3n) is 4.31. The second-order valence-electron chi connectivity index (χ2n) is 6.54. The number of hydrogen-bond donors (Lipinski definition) is 2. The van der Waals surface area contributed by atoms with Crippen LogP contribution in [0, 0.1) is 0 Å². The zero-order chi connectivity index (χ0) is 19.7. The van der Waals surface area contributed by atoms with Crippen LogP contribution in [0.4, 0.5) is 13.2 Å². The number of benzene rings is 1. The number of rotatable bonds is 6. The van der Waals surface area contributed by atoms with Crippen LogP contribution in [0.3, 0.4) is 0 Å². The van der Waals surface area contributed by atoms with Gasteiger partial charge in [-0.05, 0) is 43.9 Å². The Kier molecular flexibility index (Phi) is 10.6. The summed E-state index contributed by atoms with van der Waals surface area (Å²) in [6, 6.07) is 7.23. The van der Waals surface area contributed by atoms with E-state index in [2.05, 4.69) is 15.6 Å². The Hall–Kier alpha value is -1.52. The second kappa shape index (κ2) is 12.1. The molecule has 0 spiro atoms. The molecule has 2 N–H and O–H groups in total. The van der Waals surface area contributed by atoms with Crippen LogP contribution >= 0.6 is 24.0 Å². The zero-order valence-corrected chi connectivity index (χ0v) is 18.3. The molecule has 2 rings (SSSR count). The fraction of sp³-hybridized carbons (Fsp3) is 0.579. The maximum Gasteiger partial charge on any atom is 0.390 e. The van der Waals surface area contributed by atoms with Crippen molar-refractivity contribution in [1.29, 1.82) is 0 Å². The highest BCUT2D eigenvalue weighted by Crippen LogP contribution is 2.18. The first-order valence-corrected chi connectivity index (χ1v) is 9.36. The number of aliphatic imine (C=N–C) groups is 1. The fourth-order valence-electron chi connectivity index (χ4n) is 2.87. The minimum Gasteiger partial charge on any atom is -0.357 e. The molecule has 1 aromatic carbocycles. The average Bonchev–Trinajstić information content (AvgIpc) is 2.66. The van der Waals surface area contributed by atoms with Gasteiger partial charge in [0, 0.05) is 31.7 Å². The molecular weight excluding hydrogens is 484 g/mol. The first-order valence-electron chi connectivity index (χ1n) is 9.36. The lowest BCUT2D eigenvalue weighted by Crippen LogP contribution is -2.38. The maximum absolute atomic E-state index is 12.4. The number of carbonyl (C=O) groups is 1. The third-order valence-corrected chi connectivity index (χ3v) is 4.31. The number of halogens is 4. The van der Waals surface area contributed by atoms with Crippen molar-refractivity contribution < 1.29 is 18.0 Å². The van der Waals surface area contributed by atoms with Crippen molar-refractivity contribution in [2.75, 3.05) is 26.2 Å². The second-order valence-corrected chi connectivity index (χ2v) is 6.54. The summed E-state index contributed by atoms with van der Waals surface area (Å²) < 4.78 is 36.7. The summed E-state index contributed by atoms with van der Waals surface area (Å²) in [5.41, 5.74) is 1.54. The molecule has 1 aliphatic heterocycles. The van der Waals surface area contributed by atoms with E-state index < -0.39 is 12.6 Å². The van der Waals surface area contributed by atoms with Crippen LogP contribution in [0.5, 0.6) is 0 Å². The molecule has 0 bridgehead atoms. The minimum absolute atomic E-state index is 0. The summed E-state index contributed by atoms with van der Waals surface area (Å²) in [6.45, 7) is 4.11. The van der Waals surface area contributed by atoms with E-state index in [4.69, 9.17) is 0 Å². The summed E-state index contributed by atoms with van der Waals surface area (Å²) in [5.74, 6) is 0.391. The van der Waals surface area contributed by atoms with Gasteiger partial charge in [-0.1, -0.05) is 12.1 Å². The van der Waals surface area contributed by atoms with E-state index in [1.807, 2.05) is 24.0 Å². The molecule has 5 nitrogen and oxygen atoms in total. The van der Waals surface area contributed by atoms with Crippen LogP contribution in [0.25, 0.3) is 0 Å². The van der Waals surface area contributed by atoms with Crippen molar-refractivity contribution in [3.05, 3.63) is 35.4 Å². The fourth-order valence-corrected chi connectivity index (χ4v) is 2.87. The monoisotopic (exact) mass is 512 g/mol. The quantitative estimate of drug-likeness (QED) is 0.345. The molecule has 1 aliphatic rings. The molecule has 0 aliphatic carbocycles. The van der Waals surface area contributed by atoms with Gasteiger partial charge in [0.25, 0.3) is 5.91 Å². The maximum atomic E-state index is 12.4. The number of nitrogens with zero attached hydrogens (tertiary/aromatic N) is 2. The van der Waals surface area contributed by atoms with Gasteiger partial charge < -0.3 is 15.5 Å². The van der Waals surface area contributed by atoms with Crippen LogP contribution < -0.4 is 10.6 Å². The van der Waals surface area contributed by atoms with Gasteiger partial charge in [0.1, 0.15) is 0 Å². The Balaban J connectivity index is 0.00000392. The van der Waals surface area contributed by atoms with Crippen LogP contribution in [0.1, 0.15) is 48.5 Å². The number of carbonyl (C=O) groups excluding carboxylic acids is 1. The Bertz CT molecular complexity index is 629. The summed E-state index contributed by atoms with van der Waals surface area (Å²) in [6.07, 6.45) is -1.84. The van der Waals surface area contributed by atoms with Crippen molar-refractivity contribution in [1.82, 2.24) is 15.5 Å². The molecule has 1 fully saturated rings. The number of hydrogen-bond acceptors (Lipinski definition) is 2. The lowest BCUT2D eigenvalue weighted by atomic mass is 10.1. The molecule has 1 heterocycles. The van der Waals surface area contributed by atoms with Crippen molar-refractivity contribution in [2.45, 2.75) is 45.3 Å². The summed E-state index contributed by atoms with van der Waals surface area (Å²) in [7, 11) is 0. The normalized spacial score (nSPS) is 15.0. The highest BCUT2D eigenvalue weighted by atomic mass is 127. The molecule has 0 radical (unpaired) electrons. The Morgan fingerprint density at radius 2 is 1.75 bits per heavy atom. The highest BCUT2D eigenvalue weighted by Gasteiger charge is 2.26. The summed E-state index contributed by atoms with van der Waals surface area (Å²) in [5, 5.41) is 5.60. The van der Waals surface area contributed by atoms with Crippen molar-refractivity contribution in [3.8, 4) is 0 Å². The van der Waals surface area contributed by atoms with Gasteiger partial charge >= 0.3 is 6.18 Å². The van der Waals surface area contributed by atoms with Gasteiger partial charge in [-0.2, -0.15) is 13.2 Å². The molecule has 28 heavy (non-hydrogen) atoms. The van der Waals surface area contributed by atoms with Crippen LogP contribution in [0.2, 0.25) is 0 Å². The van der Waals surface area contributed by atoms with E-state index in [9.17, 15) is 18.0 Å². The molecule has 1 saturated heterocycles. The van der Waals surface area contributed by atoms with Gasteiger partial charge in [-0.15, -0.1) is 24.0 Å². The Morgan fingerprint density at radius 1 is 1.11 bits per heavy atom. The first-order chi connectivity index (χ1) is 12.9. The van der Waals surface area contributed by atoms with E-state index in [1.165, 1.54) is 6.42 Å². The predicted molar refractivity (Wildman–Crippen MR) is 115 cm³/mol. The molecule has 1 amide bonds. The molecule has 0 atom stereocenters. The molecular formula is C19H28F3IN4O. The van der Waals surface area contributed by atoms with Gasteiger partial charge in [0.2, 0.25) is 0 Å². The van der Waals surface area contributed by atoms with Gasteiger partial charge in [0.05, 0.1) is 13.0 Å². The van der Waals surface area contributed by atoms with Crippen LogP contribution in [0.15, 0.2) is 29.3 Å². The molecule has 158 valence electrons. The Morgan fingerprint density at radius 3 is 2.32 bits per heavy atom. The topological polar surface area (TPSA) is 56.7 Å². The number of amides is 1. The van der Waals surface area contributed by atoms with Crippen molar-refractivity contribution in [2.24, 2.45) is 4.99 Å². The molecule has 0 aromatic heterocycles. The number of likely N-dealkylation sites (tertiary alicyclic amines) is 1. The van der Waals surface area contributed by atoms with Gasteiger partial charge in [-0.25, -0.2) is 4.99 Å². The van der Waals surface area contributed by atoms with E-state index in [0.29, 0.717) is 24.6 Å². The SMILES string of the molecule is CCNC(=NCc1ccc(C(=O)N2CCCCC2)cc1)NCCC(F)(F)F.I.